The Labute approximate surface area is 132 Å². The molecule has 2 fully saturated rings. The van der Waals surface area contributed by atoms with E-state index in [0.717, 1.165) is 12.1 Å². The second kappa shape index (κ2) is 5.99. The van der Waals surface area contributed by atoms with Gasteiger partial charge >= 0.3 is 0 Å². The molecule has 0 bridgehead atoms. The van der Waals surface area contributed by atoms with Crippen LogP contribution >= 0.6 is 12.4 Å². The van der Waals surface area contributed by atoms with E-state index < -0.39 is 0 Å². The van der Waals surface area contributed by atoms with Gasteiger partial charge in [-0.3, -0.25) is 4.90 Å². The molecule has 2 aliphatic rings. The molecule has 3 nitrogen and oxygen atoms in total. The minimum absolute atomic E-state index is 0. The molecule has 21 heavy (non-hydrogen) atoms. The number of hydrogen-bond donors (Lipinski definition) is 1. The minimum atomic E-state index is 0. The van der Waals surface area contributed by atoms with Crippen LogP contribution in [-0.2, 0) is 6.54 Å². The fourth-order valence-electron chi connectivity index (χ4n) is 3.92. The third kappa shape index (κ3) is 2.83. The smallest absolute Gasteiger partial charge is 0.134 e. The van der Waals surface area contributed by atoms with Gasteiger partial charge in [0.2, 0.25) is 0 Å². The van der Waals surface area contributed by atoms with Gasteiger partial charge in [0.05, 0.1) is 6.26 Å². The fourth-order valence-corrected chi connectivity index (χ4v) is 3.92. The number of benzene rings is 1. The Morgan fingerprint density at radius 2 is 1.95 bits per heavy atom. The first-order valence-corrected chi connectivity index (χ1v) is 7.73. The van der Waals surface area contributed by atoms with E-state index in [1.54, 1.807) is 0 Å². The van der Waals surface area contributed by atoms with Gasteiger partial charge in [0.25, 0.3) is 0 Å². The van der Waals surface area contributed by atoms with Crippen molar-refractivity contribution in [2.24, 2.45) is 5.41 Å². The van der Waals surface area contributed by atoms with Gasteiger partial charge in [0, 0.05) is 24.0 Å². The molecular weight excluding hydrogens is 284 g/mol. The summed E-state index contributed by atoms with van der Waals surface area (Å²) in [6.07, 6.45) is 5.99. The topological polar surface area (TPSA) is 28.4 Å². The van der Waals surface area contributed by atoms with Crippen molar-refractivity contribution in [2.75, 3.05) is 26.2 Å². The molecule has 1 aromatic carbocycles. The number of halogens is 1. The normalized spacial score (nSPS) is 21.7. The van der Waals surface area contributed by atoms with Crippen molar-refractivity contribution >= 4 is 23.4 Å². The molecule has 114 valence electrons. The molecule has 0 unspecified atom stereocenters. The summed E-state index contributed by atoms with van der Waals surface area (Å²) < 4.78 is 5.66. The van der Waals surface area contributed by atoms with Crippen molar-refractivity contribution in [3.05, 3.63) is 36.1 Å². The van der Waals surface area contributed by atoms with Crippen LogP contribution in [0.2, 0.25) is 0 Å². The number of furan rings is 1. The molecule has 1 aromatic heterocycles. The monoisotopic (exact) mass is 306 g/mol. The standard InChI is InChI=1S/C17H22N2O.ClH/c1-2-4-16-15(3-1)14(12-20-16)11-19-10-7-17(13-19)5-8-18-9-6-17;/h1-4,12,18H,5-11,13H2;1H. The van der Waals surface area contributed by atoms with Gasteiger partial charge in [-0.2, -0.15) is 0 Å². The number of hydrogen-bond acceptors (Lipinski definition) is 3. The molecule has 0 aliphatic carbocycles. The lowest BCUT2D eigenvalue weighted by atomic mass is 9.78. The number of nitrogens with zero attached hydrogens (tertiary/aromatic N) is 1. The SMILES string of the molecule is Cl.c1ccc2c(CN3CCC4(CCNCC4)C3)coc2c1. The zero-order chi connectivity index (χ0) is 13.4. The number of nitrogens with one attached hydrogen (secondary N) is 1. The molecule has 2 aliphatic heterocycles. The summed E-state index contributed by atoms with van der Waals surface area (Å²) >= 11 is 0. The number of likely N-dealkylation sites (tertiary alicyclic amines) is 1. The molecule has 3 heterocycles. The average Bonchev–Trinajstić information content (AvgIpc) is 3.06. The predicted octanol–water partition coefficient (Wildman–Crippen LogP) is 3.43. The van der Waals surface area contributed by atoms with E-state index >= 15 is 0 Å². The Kier molecular flexibility index (Phi) is 4.25. The van der Waals surface area contributed by atoms with E-state index in [9.17, 15) is 0 Å². The summed E-state index contributed by atoms with van der Waals surface area (Å²) in [5.74, 6) is 0. The van der Waals surface area contributed by atoms with Crippen LogP contribution < -0.4 is 5.32 Å². The Morgan fingerprint density at radius 3 is 2.81 bits per heavy atom. The zero-order valence-corrected chi connectivity index (χ0v) is 13.1. The number of rotatable bonds is 2. The van der Waals surface area contributed by atoms with Crippen LogP contribution in [0.15, 0.2) is 34.9 Å². The summed E-state index contributed by atoms with van der Waals surface area (Å²) in [7, 11) is 0. The molecule has 0 saturated carbocycles. The first-order valence-electron chi connectivity index (χ1n) is 7.73. The highest BCUT2D eigenvalue weighted by Crippen LogP contribution is 2.39. The maximum absolute atomic E-state index is 5.66. The van der Waals surface area contributed by atoms with E-state index in [0.29, 0.717) is 5.41 Å². The van der Waals surface area contributed by atoms with Crippen LogP contribution in [0.5, 0.6) is 0 Å². The molecule has 1 N–H and O–H groups in total. The maximum atomic E-state index is 5.66. The molecule has 4 heteroatoms. The largest absolute Gasteiger partial charge is 0.464 e. The van der Waals surface area contributed by atoms with E-state index in [1.165, 1.54) is 56.4 Å². The summed E-state index contributed by atoms with van der Waals surface area (Å²) in [5, 5.41) is 4.76. The Bertz CT molecular complexity index is 604. The fraction of sp³-hybridized carbons (Fsp3) is 0.529. The zero-order valence-electron chi connectivity index (χ0n) is 12.3. The summed E-state index contributed by atoms with van der Waals surface area (Å²) in [4.78, 5) is 2.61. The van der Waals surface area contributed by atoms with Gasteiger partial charge in [-0.05, 0) is 50.4 Å². The Hall–Kier alpha value is -1.03. The van der Waals surface area contributed by atoms with Crippen molar-refractivity contribution in [1.82, 2.24) is 10.2 Å². The third-order valence-corrected chi connectivity index (χ3v) is 5.14. The van der Waals surface area contributed by atoms with Crippen molar-refractivity contribution < 1.29 is 4.42 Å². The highest BCUT2D eigenvalue weighted by atomic mass is 35.5. The quantitative estimate of drug-likeness (QED) is 0.921. The lowest BCUT2D eigenvalue weighted by Crippen LogP contribution is -2.38. The number of piperidine rings is 1. The van der Waals surface area contributed by atoms with Gasteiger partial charge in [-0.25, -0.2) is 0 Å². The summed E-state index contributed by atoms with van der Waals surface area (Å²) in [6, 6.07) is 8.36. The van der Waals surface area contributed by atoms with Crippen LogP contribution in [0, 0.1) is 5.41 Å². The highest BCUT2D eigenvalue weighted by Gasteiger charge is 2.38. The molecule has 0 amide bonds. The maximum Gasteiger partial charge on any atom is 0.134 e. The summed E-state index contributed by atoms with van der Waals surface area (Å²) in [6.45, 7) is 5.92. The molecular formula is C17H23ClN2O. The van der Waals surface area contributed by atoms with Crippen molar-refractivity contribution in [1.29, 1.82) is 0 Å². The minimum Gasteiger partial charge on any atom is -0.464 e. The van der Waals surface area contributed by atoms with Crippen LogP contribution in [0.25, 0.3) is 11.0 Å². The van der Waals surface area contributed by atoms with E-state index in [4.69, 9.17) is 4.42 Å². The van der Waals surface area contributed by atoms with E-state index in [-0.39, 0.29) is 12.4 Å². The Morgan fingerprint density at radius 1 is 1.14 bits per heavy atom. The molecule has 2 saturated heterocycles. The van der Waals surface area contributed by atoms with Crippen LogP contribution in [-0.4, -0.2) is 31.1 Å². The van der Waals surface area contributed by atoms with Crippen molar-refractivity contribution in [2.45, 2.75) is 25.8 Å². The van der Waals surface area contributed by atoms with Crippen LogP contribution in [0.1, 0.15) is 24.8 Å². The van der Waals surface area contributed by atoms with Gasteiger partial charge in [-0.15, -0.1) is 12.4 Å². The Balaban J connectivity index is 0.00000132. The number of fused-ring (bicyclic) bond motifs is 1. The van der Waals surface area contributed by atoms with Gasteiger partial charge < -0.3 is 9.73 Å². The van der Waals surface area contributed by atoms with Crippen molar-refractivity contribution in [3.63, 3.8) is 0 Å². The molecule has 2 aromatic rings. The highest BCUT2D eigenvalue weighted by molar-refractivity contribution is 5.85. The average molecular weight is 307 g/mol. The van der Waals surface area contributed by atoms with Crippen molar-refractivity contribution in [3.8, 4) is 0 Å². The first-order chi connectivity index (χ1) is 9.85. The van der Waals surface area contributed by atoms with Crippen LogP contribution in [0.3, 0.4) is 0 Å². The third-order valence-electron chi connectivity index (χ3n) is 5.14. The number of para-hydroxylation sites is 1. The van der Waals surface area contributed by atoms with E-state index in [1.807, 2.05) is 12.3 Å². The van der Waals surface area contributed by atoms with Gasteiger partial charge in [0.15, 0.2) is 0 Å². The summed E-state index contributed by atoms with van der Waals surface area (Å²) in [5.41, 5.74) is 2.94. The molecule has 0 atom stereocenters. The second-order valence-corrected chi connectivity index (χ2v) is 6.47. The van der Waals surface area contributed by atoms with Gasteiger partial charge in [-0.1, -0.05) is 18.2 Å². The lowest BCUT2D eigenvalue weighted by molar-refractivity contribution is 0.194. The molecule has 1 spiro atoms. The predicted molar refractivity (Wildman–Crippen MR) is 87.9 cm³/mol. The molecule has 4 rings (SSSR count). The molecule has 0 radical (unpaired) electrons. The van der Waals surface area contributed by atoms with E-state index in [2.05, 4.69) is 28.4 Å². The second-order valence-electron chi connectivity index (χ2n) is 6.47. The lowest BCUT2D eigenvalue weighted by Gasteiger charge is -2.33. The first kappa shape index (κ1) is 14.9. The van der Waals surface area contributed by atoms with Gasteiger partial charge in [0.1, 0.15) is 5.58 Å². The van der Waals surface area contributed by atoms with Crippen LogP contribution in [0.4, 0.5) is 0 Å².